The summed E-state index contributed by atoms with van der Waals surface area (Å²) in [6.45, 7) is 0. The molecule has 0 saturated heterocycles. The van der Waals surface area contributed by atoms with Gasteiger partial charge in [-0.15, -0.1) is 26.6 Å². The first-order chi connectivity index (χ1) is 16.8. The summed E-state index contributed by atoms with van der Waals surface area (Å²) in [6.07, 6.45) is 1.58. The van der Waals surface area contributed by atoms with Crippen molar-refractivity contribution in [3.63, 3.8) is 0 Å². The lowest BCUT2D eigenvalue weighted by atomic mass is 9.97. The molecule has 0 bridgehead atoms. The second-order valence-corrected chi connectivity index (χ2v) is 8.55. The summed E-state index contributed by atoms with van der Waals surface area (Å²) in [5, 5.41) is 22.5. The van der Waals surface area contributed by atoms with Crippen LogP contribution in [-0.4, -0.2) is 31.5 Å². The van der Waals surface area contributed by atoms with Crippen molar-refractivity contribution < 1.29 is 0 Å². The predicted octanol–water partition coefficient (Wildman–Crippen LogP) is 5.01. The summed E-state index contributed by atoms with van der Waals surface area (Å²) in [5.41, 5.74) is 4.52. The smallest absolute Gasteiger partial charge is 0.264 e. The molecule has 162 valence electrons. The third-order valence-corrected chi connectivity index (χ3v) is 6.47. The van der Waals surface area contributed by atoms with Crippen LogP contribution in [0.2, 0.25) is 0 Å². The van der Waals surface area contributed by atoms with Crippen molar-refractivity contribution in [1.82, 2.24) is 25.3 Å². The Kier molecular flexibility index (Phi) is 4.97. The van der Waals surface area contributed by atoms with Crippen LogP contribution in [0.3, 0.4) is 0 Å². The second-order valence-electron chi connectivity index (χ2n) is 7.55. The lowest BCUT2D eigenvalue weighted by Crippen LogP contribution is -2.19. The van der Waals surface area contributed by atoms with Gasteiger partial charge in [0.05, 0.1) is 11.6 Å². The molecule has 8 heteroatoms. The van der Waals surface area contributed by atoms with Gasteiger partial charge in [-0.3, -0.25) is 4.79 Å². The summed E-state index contributed by atoms with van der Waals surface area (Å²) < 4.78 is 0.437. The molecule has 0 fully saturated rings. The van der Waals surface area contributed by atoms with Crippen LogP contribution in [0.1, 0.15) is 5.56 Å². The molecule has 0 aliphatic rings. The molecule has 0 atom stereocenters. The zero-order chi connectivity index (χ0) is 22.9. The molecule has 0 saturated carbocycles. The Morgan fingerprint density at radius 3 is 2.12 bits per heavy atom. The number of thiophene rings is 1. The first-order valence-corrected chi connectivity index (χ1v) is 11.4. The van der Waals surface area contributed by atoms with Gasteiger partial charge >= 0.3 is 5.56 Å². The molecule has 0 spiro atoms. The van der Waals surface area contributed by atoms with E-state index in [1.165, 1.54) is 11.3 Å². The number of hydrogen-bond donors (Lipinski definition) is 0. The maximum absolute atomic E-state index is 13.2. The molecule has 3 aromatic heterocycles. The van der Waals surface area contributed by atoms with Gasteiger partial charge in [0.25, 0.3) is 0 Å². The number of nitrogens with zero attached hydrogens (tertiary/aromatic N) is 6. The lowest BCUT2D eigenvalue weighted by molar-refractivity contribution is 0.643. The molecule has 0 aliphatic heterocycles. The van der Waals surface area contributed by atoms with Crippen molar-refractivity contribution in [2.75, 3.05) is 0 Å². The normalized spacial score (nSPS) is 11.5. The molecule has 3 heterocycles. The van der Waals surface area contributed by atoms with Gasteiger partial charge in [0.1, 0.15) is 20.7 Å². The van der Waals surface area contributed by atoms with Crippen molar-refractivity contribution in [3.05, 3.63) is 107 Å². The highest BCUT2D eigenvalue weighted by Crippen LogP contribution is 2.40. The predicted molar refractivity (Wildman–Crippen MR) is 135 cm³/mol. The largest absolute Gasteiger partial charge is 0.309 e. The van der Waals surface area contributed by atoms with Gasteiger partial charge in [0.15, 0.2) is 0 Å². The Hall–Kier alpha value is -4.56. The van der Waals surface area contributed by atoms with Crippen molar-refractivity contribution in [3.8, 4) is 22.4 Å². The summed E-state index contributed by atoms with van der Waals surface area (Å²) in [6, 6.07) is 29.3. The molecule has 3 aromatic carbocycles. The quantitative estimate of drug-likeness (QED) is 0.345. The molecule has 7 nitrogen and oxygen atoms in total. The van der Waals surface area contributed by atoms with E-state index in [4.69, 9.17) is 0 Å². The number of rotatable bonds is 4. The average Bonchev–Trinajstić information content (AvgIpc) is 3.29. The van der Waals surface area contributed by atoms with E-state index < -0.39 is 0 Å². The maximum Gasteiger partial charge on any atom is 0.309 e. The SMILES string of the molecule is O=c1c2sc3nnc(-c4ccccc4)c(-c4ccccc4)c3c2nnn1/N=C/c1ccccc1. The van der Waals surface area contributed by atoms with E-state index in [0.29, 0.717) is 15.0 Å². The molecule has 0 aliphatic carbocycles. The second kappa shape index (κ2) is 8.42. The summed E-state index contributed by atoms with van der Waals surface area (Å²) in [5.74, 6) is 0. The minimum atomic E-state index is -0.347. The van der Waals surface area contributed by atoms with Crippen LogP contribution in [0.25, 0.3) is 42.8 Å². The van der Waals surface area contributed by atoms with Crippen molar-refractivity contribution in [2.24, 2.45) is 5.10 Å². The van der Waals surface area contributed by atoms with Gasteiger partial charge in [-0.25, -0.2) is 0 Å². The fourth-order valence-electron chi connectivity index (χ4n) is 3.85. The average molecular weight is 461 g/mol. The van der Waals surface area contributed by atoms with Crippen LogP contribution in [-0.2, 0) is 0 Å². The van der Waals surface area contributed by atoms with Crippen LogP contribution in [0.5, 0.6) is 0 Å². The highest BCUT2D eigenvalue weighted by Gasteiger charge is 2.22. The zero-order valence-electron chi connectivity index (χ0n) is 17.7. The number of aromatic nitrogens is 5. The van der Waals surface area contributed by atoms with Crippen molar-refractivity contribution >= 4 is 38.0 Å². The van der Waals surface area contributed by atoms with Gasteiger partial charge in [0.2, 0.25) is 0 Å². The van der Waals surface area contributed by atoms with Crippen LogP contribution in [0.4, 0.5) is 0 Å². The third kappa shape index (κ3) is 3.46. The van der Waals surface area contributed by atoms with Gasteiger partial charge in [-0.1, -0.05) is 95.8 Å². The minimum absolute atomic E-state index is 0.347. The van der Waals surface area contributed by atoms with Gasteiger partial charge < -0.3 is 0 Å². The molecule has 0 N–H and O–H groups in total. The highest BCUT2D eigenvalue weighted by molar-refractivity contribution is 7.25. The van der Waals surface area contributed by atoms with Gasteiger partial charge in [-0.05, 0) is 16.3 Å². The summed E-state index contributed by atoms with van der Waals surface area (Å²) in [4.78, 5) is 14.9. The monoisotopic (exact) mass is 460 g/mol. The van der Waals surface area contributed by atoms with E-state index in [1.54, 1.807) is 6.21 Å². The summed E-state index contributed by atoms with van der Waals surface area (Å²) >= 11 is 1.25. The molecular weight excluding hydrogens is 444 g/mol. The first kappa shape index (κ1) is 20.1. The molecule has 6 rings (SSSR count). The topological polar surface area (TPSA) is 85.9 Å². The van der Waals surface area contributed by atoms with E-state index in [1.807, 2.05) is 91.0 Å². The Bertz CT molecular complexity index is 1710. The van der Waals surface area contributed by atoms with Crippen LogP contribution in [0.15, 0.2) is 101 Å². The molecule has 0 radical (unpaired) electrons. The van der Waals surface area contributed by atoms with Gasteiger partial charge in [0, 0.05) is 11.1 Å². The van der Waals surface area contributed by atoms with E-state index in [9.17, 15) is 4.79 Å². The van der Waals surface area contributed by atoms with E-state index in [-0.39, 0.29) is 5.56 Å². The highest BCUT2D eigenvalue weighted by atomic mass is 32.1. The van der Waals surface area contributed by atoms with Crippen LogP contribution < -0.4 is 5.56 Å². The lowest BCUT2D eigenvalue weighted by Gasteiger charge is -2.10. The number of benzene rings is 3. The fraction of sp³-hybridized carbons (Fsp3) is 0. The third-order valence-electron chi connectivity index (χ3n) is 5.42. The van der Waals surface area contributed by atoms with E-state index in [2.05, 4.69) is 25.6 Å². The standard InChI is InChI=1S/C26H16N6OS/c33-26-24-23(29-31-32(26)27-16-17-10-4-1-5-11-17)21-20(18-12-6-2-7-13-18)22(28-30-25(21)34-24)19-14-8-3-9-15-19/h1-16H/b27-16+. The first-order valence-electron chi connectivity index (χ1n) is 10.6. The Labute approximate surface area is 197 Å². The molecule has 34 heavy (non-hydrogen) atoms. The van der Waals surface area contributed by atoms with Crippen molar-refractivity contribution in [2.45, 2.75) is 0 Å². The molecular formula is C26H16N6OS. The van der Waals surface area contributed by atoms with E-state index in [0.717, 1.165) is 38.1 Å². The number of fused-ring (bicyclic) bond motifs is 3. The Morgan fingerprint density at radius 1 is 0.765 bits per heavy atom. The van der Waals surface area contributed by atoms with Crippen LogP contribution in [0, 0.1) is 0 Å². The Morgan fingerprint density at radius 2 is 1.41 bits per heavy atom. The summed E-state index contributed by atoms with van der Waals surface area (Å²) in [7, 11) is 0. The molecule has 0 unspecified atom stereocenters. The minimum Gasteiger partial charge on any atom is -0.264 e. The van der Waals surface area contributed by atoms with Crippen molar-refractivity contribution in [1.29, 1.82) is 0 Å². The van der Waals surface area contributed by atoms with E-state index >= 15 is 0 Å². The molecule has 0 amide bonds. The maximum atomic E-state index is 13.2. The zero-order valence-corrected chi connectivity index (χ0v) is 18.6. The Balaban J connectivity index is 1.61. The van der Waals surface area contributed by atoms with Crippen LogP contribution >= 0.6 is 11.3 Å². The van der Waals surface area contributed by atoms with Gasteiger partial charge in [-0.2, -0.15) is 5.10 Å². The molecule has 6 aromatic rings. The fourth-order valence-corrected chi connectivity index (χ4v) is 4.83. The number of hydrogen-bond acceptors (Lipinski definition) is 7.